The quantitative estimate of drug-likeness (QED) is 0.821. The van der Waals surface area contributed by atoms with Crippen LogP contribution < -0.4 is 10.5 Å². The molecule has 116 valence electrons. The van der Waals surface area contributed by atoms with Gasteiger partial charge < -0.3 is 5.32 Å². The molecule has 0 saturated heterocycles. The van der Waals surface area contributed by atoms with Gasteiger partial charge in [-0.15, -0.1) is 11.3 Å². The van der Waals surface area contributed by atoms with Crippen molar-refractivity contribution >= 4 is 33.3 Å². The maximum atomic E-state index is 11.8. The molecule has 0 spiro atoms. The SMILES string of the molecule is CC(NC(=O)/C=C/c1cccs1)c1ccc(S(N)(=O)=O)cc1. The first-order valence-corrected chi connectivity index (χ1v) is 8.94. The molecule has 0 aliphatic carbocycles. The van der Waals surface area contributed by atoms with Crippen molar-refractivity contribution in [2.24, 2.45) is 5.14 Å². The number of benzene rings is 1. The Bertz CT molecular complexity index is 764. The van der Waals surface area contributed by atoms with Gasteiger partial charge in [0.15, 0.2) is 0 Å². The van der Waals surface area contributed by atoms with E-state index in [1.807, 2.05) is 24.4 Å². The average Bonchev–Trinajstić information content (AvgIpc) is 2.97. The van der Waals surface area contributed by atoms with Crippen molar-refractivity contribution in [2.75, 3.05) is 0 Å². The second kappa shape index (κ2) is 6.87. The first kappa shape index (κ1) is 16.4. The van der Waals surface area contributed by atoms with Crippen LogP contribution in [0.3, 0.4) is 0 Å². The molecule has 5 nitrogen and oxygen atoms in total. The lowest BCUT2D eigenvalue weighted by molar-refractivity contribution is -0.117. The van der Waals surface area contributed by atoms with Crippen LogP contribution in [0.1, 0.15) is 23.4 Å². The topological polar surface area (TPSA) is 89.3 Å². The minimum atomic E-state index is -3.70. The van der Waals surface area contributed by atoms with Crippen molar-refractivity contribution in [1.82, 2.24) is 5.32 Å². The van der Waals surface area contributed by atoms with E-state index in [0.717, 1.165) is 10.4 Å². The van der Waals surface area contributed by atoms with Crippen LogP contribution in [0.25, 0.3) is 6.08 Å². The fourth-order valence-electron chi connectivity index (χ4n) is 1.83. The standard InChI is InChI=1S/C15H16N2O3S2/c1-11(12-4-7-14(8-5-12)22(16,19)20)17-15(18)9-6-13-3-2-10-21-13/h2-11H,1H3,(H,17,18)(H2,16,19,20)/b9-6+. The Morgan fingerprint density at radius 2 is 1.95 bits per heavy atom. The molecule has 1 heterocycles. The summed E-state index contributed by atoms with van der Waals surface area (Å²) in [5, 5.41) is 9.80. The first-order valence-electron chi connectivity index (χ1n) is 6.51. The summed E-state index contributed by atoms with van der Waals surface area (Å²) in [6.07, 6.45) is 3.22. The summed E-state index contributed by atoms with van der Waals surface area (Å²) in [6.45, 7) is 1.82. The monoisotopic (exact) mass is 336 g/mol. The van der Waals surface area contributed by atoms with Crippen LogP contribution in [0, 0.1) is 0 Å². The van der Waals surface area contributed by atoms with Crippen LogP contribution in [0.2, 0.25) is 0 Å². The highest BCUT2D eigenvalue weighted by Crippen LogP contribution is 2.16. The molecule has 1 atom stereocenters. The number of hydrogen-bond donors (Lipinski definition) is 2. The summed E-state index contributed by atoms with van der Waals surface area (Å²) < 4.78 is 22.4. The molecule has 0 bridgehead atoms. The molecule has 1 aromatic carbocycles. The summed E-state index contributed by atoms with van der Waals surface area (Å²) in [5.74, 6) is -0.212. The third-order valence-electron chi connectivity index (χ3n) is 3.01. The van der Waals surface area contributed by atoms with E-state index in [1.54, 1.807) is 29.5 Å². The van der Waals surface area contributed by atoms with Gasteiger partial charge in [0, 0.05) is 11.0 Å². The normalized spacial score (nSPS) is 13.2. The van der Waals surface area contributed by atoms with Crippen LogP contribution in [-0.4, -0.2) is 14.3 Å². The summed E-state index contributed by atoms with van der Waals surface area (Å²) in [5.41, 5.74) is 0.797. The van der Waals surface area contributed by atoms with Crippen molar-refractivity contribution in [3.8, 4) is 0 Å². The van der Waals surface area contributed by atoms with Gasteiger partial charge in [0.2, 0.25) is 15.9 Å². The zero-order valence-electron chi connectivity index (χ0n) is 11.9. The fourth-order valence-corrected chi connectivity index (χ4v) is 2.97. The summed E-state index contributed by atoms with van der Waals surface area (Å²) in [6, 6.07) is 9.71. The van der Waals surface area contributed by atoms with Gasteiger partial charge in [0.25, 0.3) is 0 Å². The Hall–Kier alpha value is -1.96. The number of carbonyl (C=O) groups excluding carboxylic acids is 1. The summed E-state index contributed by atoms with van der Waals surface area (Å²) in [7, 11) is -3.70. The number of rotatable bonds is 5. The van der Waals surface area contributed by atoms with E-state index in [9.17, 15) is 13.2 Å². The van der Waals surface area contributed by atoms with E-state index in [0.29, 0.717) is 0 Å². The Balaban J connectivity index is 1.99. The van der Waals surface area contributed by atoms with Crippen molar-refractivity contribution in [3.05, 3.63) is 58.3 Å². The highest BCUT2D eigenvalue weighted by molar-refractivity contribution is 7.89. The summed E-state index contributed by atoms with van der Waals surface area (Å²) >= 11 is 1.55. The number of hydrogen-bond acceptors (Lipinski definition) is 4. The van der Waals surface area contributed by atoms with Gasteiger partial charge in [-0.2, -0.15) is 0 Å². The van der Waals surface area contributed by atoms with Crippen molar-refractivity contribution in [1.29, 1.82) is 0 Å². The predicted octanol–water partition coefficient (Wildman–Crippen LogP) is 2.29. The molecule has 0 aliphatic heterocycles. The third kappa shape index (κ3) is 4.52. The van der Waals surface area contributed by atoms with E-state index < -0.39 is 10.0 Å². The zero-order chi connectivity index (χ0) is 16.2. The number of amides is 1. The largest absolute Gasteiger partial charge is 0.346 e. The average molecular weight is 336 g/mol. The molecule has 3 N–H and O–H groups in total. The third-order valence-corrected chi connectivity index (χ3v) is 4.78. The highest BCUT2D eigenvalue weighted by Gasteiger charge is 2.11. The van der Waals surface area contributed by atoms with Gasteiger partial charge in [0.1, 0.15) is 0 Å². The second-order valence-corrected chi connectivity index (χ2v) is 7.23. The molecule has 2 rings (SSSR count). The Kier molecular flexibility index (Phi) is 5.12. The van der Waals surface area contributed by atoms with Gasteiger partial charge in [-0.3, -0.25) is 4.79 Å². The lowest BCUT2D eigenvalue weighted by Crippen LogP contribution is -2.24. The molecule has 0 aliphatic rings. The molecule has 0 radical (unpaired) electrons. The summed E-state index contributed by atoms with van der Waals surface area (Å²) in [4.78, 5) is 12.9. The number of carbonyl (C=O) groups is 1. The van der Waals surface area contributed by atoms with Crippen molar-refractivity contribution in [2.45, 2.75) is 17.9 Å². The molecular weight excluding hydrogens is 320 g/mol. The second-order valence-electron chi connectivity index (χ2n) is 4.69. The van der Waals surface area contributed by atoms with Gasteiger partial charge >= 0.3 is 0 Å². The number of primary sulfonamides is 1. The van der Waals surface area contributed by atoms with Crippen LogP contribution in [0.5, 0.6) is 0 Å². The molecule has 1 unspecified atom stereocenters. The maximum absolute atomic E-state index is 11.8. The van der Waals surface area contributed by atoms with Gasteiger partial charge in [-0.1, -0.05) is 18.2 Å². The van der Waals surface area contributed by atoms with Gasteiger partial charge in [-0.25, -0.2) is 13.6 Å². The van der Waals surface area contributed by atoms with E-state index in [1.165, 1.54) is 18.2 Å². The Morgan fingerprint density at radius 1 is 1.27 bits per heavy atom. The highest BCUT2D eigenvalue weighted by atomic mass is 32.2. The Labute approximate surface area is 133 Å². The van der Waals surface area contributed by atoms with Gasteiger partial charge in [0.05, 0.1) is 10.9 Å². The van der Waals surface area contributed by atoms with Crippen molar-refractivity contribution < 1.29 is 13.2 Å². The number of nitrogens with one attached hydrogen (secondary N) is 1. The van der Waals surface area contributed by atoms with E-state index in [4.69, 9.17) is 5.14 Å². The molecule has 2 aromatic rings. The number of nitrogens with two attached hydrogens (primary N) is 1. The van der Waals surface area contributed by atoms with E-state index in [2.05, 4.69) is 5.32 Å². The van der Waals surface area contributed by atoms with Crippen molar-refractivity contribution in [3.63, 3.8) is 0 Å². The predicted molar refractivity (Wildman–Crippen MR) is 87.7 cm³/mol. The van der Waals surface area contributed by atoms with Crippen LogP contribution in [0.15, 0.2) is 52.7 Å². The zero-order valence-corrected chi connectivity index (χ0v) is 13.5. The minimum Gasteiger partial charge on any atom is -0.346 e. The Morgan fingerprint density at radius 3 is 2.50 bits per heavy atom. The van der Waals surface area contributed by atoms with E-state index in [-0.39, 0.29) is 16.8 Å². The molecular formula is C15H16N2O3S2. The molecule has 0 saturated carbocycles. The molecule has 1 amide bonds. The lowest BCUT2D eigenvalue weighted by atomic mass is 10.1. The smallest absolute Gasteiger partial charge is 0.244 e. The number of thiophene rings is 1. The minimum absolute atomic E-state index is 0.0485. The fraction of sp³-hybridized carbons (Fsp3) is 0.133. The lowest BCUT2D eigenvalue weighted by Gasteiger charge is -2.13. The first-order chi connectivity index (χ1) is 10.4. The van der Waals surface area contributed by atoms with E-state index >= 15 is 0 Å². The van der Waals surface area contributed by atoms with Crippen LogP contribution in [0.4, 0.5) is 0 Å². The maximum Gasteiger partial charge on any atom is 0.244 e. The number of sulfonamides is 1. The molecule has 7 heteroatoms. The molecule has 1 aromatic heterocycles. The molecule has 0 fully saturated rings. The van der Waals surface area contributed by atoms with Crippen LogP contribution in [-0.2, 0) is 14.8 Å². The van der Waals surface area contributed by atoms with Gasteiger partial charge in [-0.05, 0) is 42.1 Å². The molecule has 22 heavy (non-hydrogen) atoms. The van der Waals surface area contributed by atoms with Crippen LogP contribution >= 0.6 is 11.3 Å².